The second-order valence-electron chi connectivity index (χ2n) is 6.56. The van der Waals surface area contributed by atoms with Crippen molar-refractivity contribution in [2.24, 2.45) is 5.73 Å². The zero-order chi connectivity index (χ0) is 17.1. The zero-order valence-electron chi connectivity index (χ0n) is 14.3. The predicted molar refractivity (Wildman–Crippen MR) is 94.6 cm³/mol. The number of nitrogens with one attached hydrogen (secondary N) is 1. The van der Waals surface area contributed by atoms with E-state index in [1.807, 2.05) is 23.7 Å². The fourth-order valence-corrected chi connectivity index (χ4v) is 3.13. The number of nitrogens with zero attached hydrogens (tertiary/aromatic N) is 3. The first kappa shape index (κ1) is 16.7. The van der Waals surface area contributed by atoms with Crippen LogP contribution in [0.5, 0.6) is 0 Å². The summed E-state index contributed by atoms with van der Waals surface area (Å²) in [5.41, 5.74) is 7.87. The summed E-state index contributed by atoms with van der Waals surface area (Å²) in [6.45, 7) is 6.52. The molecule has 0 spiro atoms. The van der Waals surface area contributed by atoms with E-state index in [4.69, 9.17) is 5.73 Å². The molecule has 24 heavy (non-hydrogen) atoms. The average Bonchev–Trinajstić information content (AvgIpc) is 3.14. The minimum Gasteiger partial charge on any atom is -0.320 e. The fraction of sp³-hybridized carbons (Fsp3) is 0.444. The third kappa shape index (κ3) is 3.83. The van der Waals surface area contributed by atoms with Crippen molar-refractivity contribution in [2.75, 3.05) is 18.4 Å². The van der Waals surface area contributed by atoms with Crippen LogP contribution in [-0.4, -0.2) is 39.7 Å². The van der Waals surface area contributed by atoms with Crippen molar-refractivity contribution in [1.29, 1.82) is 0 Å². The summed E-state index contributed by atoms with van der Waals surface area (Å²) >= 11 is 0. The number of anilines is 1. The lowest BCUT2D eigenvalue weighted by Gasteiger charge is -2.18. The number of hydrogen-bond donors (Lipinski definition) is 2. The second-order valence-corrected chi connectivity index (χ2v) is 6.56. The molecule has 0 saturated carbocycles. The van der Waals surface area contributed by atoms with Gasteiger partial charge in [0, 0.05) is 25.7 Å². The van der Waals surface area contributed by atoms with Crippen molar-refractivity contribution in [3.8, 4) is 0 Å². The molecule has 2 heterocycles. The van der Waals surface area contributed by atoms with E-state index in [0.29, 0.717) is 0 Å². The maximum atomic E-state index is 11.9. The Morgan fingerprint density at radius 3 is 2.88 bits per heavy atom. The lowest BCUT2D eigenvalue weighted by Crippen LogP contribution is -2.33. The smallest absolute Gasteiger partial charge is 0.242 e. The monoisotopic (exact) mass is 327 g/mol. The molecule has 128 valence electrons. The van der Waals surface area contributed by atoms with E-state index in [0.717, 1.165) is 37.6 Å². The van der Waals surface area contributed by atoms with Crippen LogP contribution in [0.25, 0.3) is 0 Å². The van der Waals surface area contributed by atoms with Gasteiger partial charge in [0.25, 0.3) is 0 Å². The molecule has 1 amide bonds. The maximum absolute atomic E-state index is 11.9. The number of aryl methyl sites for hydroxylation is 1. The van der Waals surface area contributed by atoms with Gasteiger partial charge >= 0.3 is 0 Å². The third-order valence-electron chi connectivity index (χ3n) is 4.37. The van der Waals surface area contributed by atoms with Crippen molar-refractivity contribution in [1.82, 2.24) is 14.7 Å². The maximum Gasteiger partial charge on any atom is 0.242 e. The van der Waals surface area contributed by atoms with Crippen LogP contribution in [0.4, 0.5) is 5.82 Å². The van der Waals surface area contributed by atoms with E-state index in [1.165, 1.54) is 5.56 Å². The molecule has 2 atom stereocenters. The van der Waals surface area contributed by atoms with Gasteiger partial charge in [0.2, 0.25) is 5.91 Å². The van der Waals surface area contributed by atoms with Gasteiger partial charge in [-0.1, -0.05) is 30.3 Å². The summed E-state index contributed by atoms with van der Waals surface area (Å²) in [6, 6.07) is 12.1. The summed E-state index contributed by atoms with van der Waals surface area (Å²) in [5.74, 6) is 0.552. The van der Waals surface area contributed by atoms with E-state index >= 15 is 0 Å². The van der Waals surface area contributed by atoms with Crippen LogP contribution in [-0.2, 0) is 11.3 Å². The van der Waals surface area contributed by atoms with Gasteiger partial charge in [-0.25, -0.2) is 4.68 Å². The molecule has 6 nitrogen and oxygen atoms in total. The lowest BCUT2D eigenvalue weighted by molar-refractivity contribution is -0.117. The first-order valence-electron chi connectivity index (χ1n) is 8.42. The molecule has 3 N–H and O–H groups in total. The summed E-state index contributed by atoms with van der Waals surface area (Å²) in [6.07, 6.45) is 1.02. The number of benzene rings is 1. The van der Waals surface area contributed by atoms with Gasteiger partial charge < -0.3 is 11.1 Å². The summed E-state index contributed by atoms with van der Waals surface area (Å²) in [7, 11) is 0. The minimum absolute atomic E-state index is 0.185. The molecule has 0 aliphatic carbocycles. The number of rotatable bonds is 5. The molecule has 1 aliphatic rings. The minimum atomic E-state index is -0.535. The van der Waals surface area contributed by atoms with Crippen LogP contribution in [0.1, 0.15) is 30.6 Å². The number of carbonyl (C=O) groups excluding carboxylic acids is 1. The molecule has 0 radical (unpaired) electrons. The number of aromatic nitrogens is 2. The Morgan fingerprint density at radius 1 is 1.42 bits per heavy atom. The quantitative estimate of drug-likeness (QED) is 0.880. The van der Waals surface area contributed by atoms with Crippen molar-refractivity contribution >= 4 is 11.7 Å². The highest BCUT2D eigenvalue weighted by atomic mass is 16.2. The molecule has 1 aromatic carbocycles. The molecule has 0 bridgehead atoms. The topological polar surface area (TPSA) is 76.2 Å². The van der Waals surface area contributed by atoms with E-state index < -0.39 is 6.04 Å². The molecular weight excluding hydrogens is 302 g/mol. The van der Waals surface area contributed by atoms with E-state index in [9.17, 15) is 4.79 Å². The van der Waals surface area contributed by atoms with Gasteiger partial charge in [-0.05, 0) is 25.8 Å². The average molecular weight is 327 g/mol. The van der Waals surface area contributed by atoms with Crippen LogP contribution in [0.3, 0.4) is 0 Å². The molecule has 1 aliphatic heterocycles. The Bertz CT molecular complexity index is 695. The SMILES string of the molecule is Cc1cc(NC(=O)C(C)N)n(C2CCN(Cc3ccccc3)C2)n1. The lowest BCUT2D eigenvalue weighted by atomic mass is 10.2. The third-order valence-corrected chi connectivity index (χ3v) is 4.37. The van der Waals surface area contributed by atoms with Crippen LogP contribution in [0.2, 0.25) is 0 Å². The Labute approximate surface area is 142 Å². The van der Waals surface area contributed by atoms with E-state index in [1.54, 1.807) is 6.92 Å². The first-order chi connectivity index (χ1) is 11.5. The van der Waals surface area contributed by atoms with Crippen molar-refractivity contribution in [3.63, 3.8) is 0 Å². The predicted octanol–water partition coefficient (Wildman–Crippen LogP) is 1.92. The molecule has 1 aromatic heterocycles. The Balaban J connectivity index is 1.68. The van der Waals surface area contributed by atoms with Gasteiger partial charge in [-0.3, -0.25) is 9.69 Å². The molecule has 1 fully saturated rings. The van der Waals surface area contributed by atoms with Gasteiger partial charge in [-0.15, -0.1) is 0 Å². The van der Waals surface area contributed by atoms with E-state index in [2.05, 4.69) is 39.6 Å². The molecule has 6 heteroatoms. The number of nitrogens with two attached hydrogens (primary N) is 1. The van der Waals surface area contributed by atoms with Gasteiger partial charge in [0.05, 0.1) is 17.8 Å². The largest absolute Gasteiger partial charge is 0.320 e. The molecular formula is C18H25N5O. The van der Waals surface area contributed by atoms with Gasteiger partial charge in [0.15, 0.2) is 0 Å². The Kier molecular flexibility index (Phi) is 4.97. The molecule has 1 saturated heterocycles. The Hall–Kier alpha value is -2.18. The molecule has 2 unspecified atom stereocenters. The normalized spacial score (nSPS) is 19.4. The fourth-order valence-electron chi connectivity index (χ4n) is 3.13. The summed E-state index contributed by atoms with van der Waals surface area (Å²) in [4.78, 5) is 14.3. The number of amides is 1. The summed E-state index contributed by atoms with van der Waals surface area (Å²) < 4.78 is 1.95. The zero-order valence-corrected chi connectivity index (χ0v) is 14.3. The van der Waals surface area contributed by atoms with Crippen molar-refractivity contribution < 1.29 is 4.79 Å². The highest BCUT2D eigenvalue weighted by Crippen LogP contribution is 2.26. The number of carbonyl (C=O) groups is 1. The van der Waals surface area contributed by atoms with Crippen LogP contribution < -0.4 is 11.1 Å². The van der Waals surface area contributed by atoms with Crippen molar-refractivity contribution in [2.45, 2.75) is 38.9 Å². The van der Waals surface area contributed by atoms with Gasteiger partial charge in [0.1, 0.15) is 5.82 Å². The van der Waals surface area contributed by atoms with E-state index in [-0.39, 0.29) is 11.9 Å². The Morgan fingerprint density at radius 2 is 2.17 bits per heavy atom. The second kappa shape index (κ2) is 7.15. The first-order valence-corrected chi connectivity index (χ1v) is 8.42. The number of likely N-dealkylation sites (tertiary alicyclic amines) is 1. The van der Waals surface area contributed by atoms with Crippen LogP contribution in [0.15, 0.2) is 36.4 Å². The molecule has 2 aromatic rings. The van der Waals surface area contributed by atoms with Gasteiger partial charge in [-0.2, -0.15) is 5.10 Å². The molecule has 3 rings (SSSR count). The van der Waals surface area contributed by atoms with Crippen LogP contribution >= 0.6 is 0 Å². The highest BCUT2D eigenvalue weighted by Gasteiger charge is 2.27. The summed E-state index contributed by atoms with van der Waals surface area (Å²) in [5, 5.41) is 7.47. The van der Waals surface area contributed by atoms with Crippen molar-refractivity contribution in [3.05, 3.63) is 47.7 Å². The number of hydrogen-bond acceptors (Lipinski definition) is 4. The van der Waals surface area contributed by atoms with Crippen LogP contribution in [0, 0.1) is 6.92 Å². The standard InChI is InChI=1S/C18H25N5O/c1-13-10-17(20-18(24)14(2)19)23(21-13)16-8-9-22(12-16)11-15-6-4-3-5-7-15/h3-7,10,14,16H,8-9,11-12,19H2,1-2H3,(H,20,24). The highest BCUT2D eigenvalue weighted by molar-refractivity contribution is 5.93.